The zero-order chi connectivity index (χ0) is 19.3. The number of aromatic nitrogens is 3. The van der Waals surface area contributed by atoms with Gasteiger partial charge in [0.05, 0.1) is 13.2 Å². The first-order chi connectivity index (χ1) is 13.7. The van der Waals surface area contributed by atoms with Crippen LogP contribution in [0.1, 0.15) is 40.4 Å². The molecule has 1 atom stereocenters. The molecule has 0 radical (unpaired) electrons. The topological polar surface area (TPSA) is 71.1 Å². The minimum Gasteiger partial charge on any atom is -0.497 e. The average Bonchev–Trinajstić information content (AvgIpc) is 3.44. The van der Waals surface area contributed by atoms with Crippen molar-refractivity contribution in [2.24, 2.45) is 0 Å². The van der Waals surface area contributed by atoms with Crippen molar-refractivity contribution in [1.82, 2.24) is 20.1 Å². The van der Waals surface area contributed by atoms with Gasteiger partial charge >= 0.3 is 0 Å². The number of nitrogens with one attached hydrogen (secondary N) is 1. The van der Waals surface area contributed by atoms with Crippen molar-refractivity contribution >= 4 is 17.7 Å². The quantitative estimate of drug-likeness (QED) is 0.638. The van der Waals surface area contributed by atoms with Crippen molar-refractivity contribution in [1.29, 1.82) is 0 Å². The van der Waals surface area contributed by atoms with Crippen molar-refractivity contribution < 1.29 is 9.53 Å². The van der Waals surface area contributed by atoms with Gasteiger partial charge in [0.15, 0.2) is 5.16 Å². The summed E-state index contributed by atoms with van der Waals surface area (Å²) < 4.78 is 5.34. The second kappa shape index (κ2) is 8.48. The number of ether oxygens (including phenoxy) is 1. The van der Waals surface area contributed by atoms with Crippen LogP contribution >= 0.6 is 11.8 Å². The maximum Gasteiger partial charge on any atom is 0.254 e. The summed E-state index contributed by atoms with van der Waals surface area (Å²) in [5, 5.41) is 7.47. The number of amides is 1. The fourth-order valence-corrected chi connectivity index (χ4v) is 4.26. The van der Waals surface area contributed by atoms with Crippen LogP contribution in [0.4, 0.5) is 0 Å². The van der Waals surface area contributed by atoms with E-state index in [-0.39, 0.29) is 11.9 Å². The maximum atomic E-state index is 13.1. The van der Waals surface area contributed by atoms with Crippen molar-refractivity contribution in [2.75, 3.05) is 13.7 Å². The van der Waals surface area contributed by atoms with Crippen LogP contribution in [0.5, 0.6) is 5.75 Å². The number of nitrogens with zero attached hydrogens (tertiary/aromatic N) is 3. The lowest BCUT2D eigenvalue weighted by Gasteiger charge is -2.25. The number of H-pyrrole nitrogens is 1. The second-order valence-corrected chi connectivity index (χ2v) is 7.67. The van der Waals surface area contributed by atoms with Crippen molar-refractivity contribution in [3.8, 4) is 5.75 Å². The zero-order valence-corrected chi connectivity index (χ0v) is 16.5. The largest absolute Gasteiger partial charge is 0.497 e. The molecule has 1 saturated heterocycles. The monoisotopic (exact) mass is 394 g/mol. The number of hydrogen-bond acceptors (Lipinski definition) is 5. The Labute approximate surface area is 168 Å². The van der Waals surface area contributed by atoms with Crippen LogP contribution in [0.3, 0.4) is 0 Å². The zero-order valence-electron chi connectivity index (χ0n) is 15.7. The molecule has 2 aromatic carbocycles. The van der Waals surface area contributed by atoms with Gasteiger partial charge in [-0.05, 0) is 48.2 Å². The third kappa shape index (κ3) is 4.04. The van der Waals surface area contributed by atoms with E-state index in [0.29, 0.717) is 0 Å². The SMILES string of the molecule is COc1cccc(C2CCCN2C(=O)c2ccc(CSc3ncn[nH]3)cc2)c1. The van der Waals surface area contributed by atoms with Gasteiger partial charge in [0.1, 0.15) is 12.1 Å². The number of aromatic amines is 1. The Hall–Kier alpha value is -2.80. The van der Waals surface area contributed by atoms with Crippen molar-refractivity contribution in [3.63, 3.8) is 0 Å². The third-order valence-corrected chi connectivity index (χ3v) is 5.91. The minimum absolute atomic E-state index is 0.0831. The second-order valence-electron chi connectivity index (χ2n) is 6.71. The first-order valence-electron chi connectivity index (χ1n) is 9.26. The van der Waals surface area contributed by atoms with Crippen LogP contribution < -0.4 is 4.74 Å². The molecule has 1 aliphatic rings. The summed E-state index contributed by atoms with van der Waals surface area (Å²) in [5.41, 5.74) is 3.00. The molecule has 6 nitrogen and oxygen atoms in total. The van der Waals surface area contributed by atoms with Crippen LogP contribution in [0, 0.1) is 0 Å². The maximum absolute atomic E-state index is 13.1. The molecule has 144 valence electrons. The number of carbonyl (C=O) groups is 1. The molecule has 4 rings (SSSR count). The standard InChI is InChI=1S/C21H22N4O2S/c1-27-18-5-2-4-17(12-18)19-6-3-11-25(19)20(26)16-9-7-15(8-10-16)13-28-21-22-14-23-24-21/h2,4-5,7-10,12,14,19H,3,6,11,13H2,1H3,(H,22,23,24). The Morgan fingerprint density at radius 1 is 1.29 bits per heavy atom. The molecule has 1 amide bonds. The molecule has 0 spiro atoms. The van der Waals surface area contributed by atoms with Gasteiger partial charge < -0.3 is 9.64 Å². The summed E-state index contributed by atoms with van der Waals surface area (Å²) in [6, 6.07) is 16.0. The molecule has 1 unspecified atom stereocenters. The van der Waals surface area contributed by atoms with Crippen molar-refractivity contribution in [2.45, 2.75) is 29.8 Å². The van der Waals surface area contributed by atoms with Crippen molar-refractivity contribution in [3.05, 3.63) is 71.5 Å². The minimum atomic E-state index is 0.0831. The summed E-state index contributed by atoms with van der Waals surface area (Å²) in [5.74, 6) is 1.69. The molecule has 0 bridgehead atoms. The number of carbonyl (C=O) groups excluding carboxylic acids is 1. The van der Waals surface area contributed by atoms with E-state index in [1.54, 1.807) is 18.9 Å². The number of hydrogen-bond donors (Lipinski definition) is 1. The first kappa shape index (κ1) is 18.6. The van der Waals surface area contributed by atoms with Crippen LogP contribution in [0.25, 0.3) is 0 Å². The molecule has 1 fully saturated rings. The van der Waals surface area contributed by atoms with E-state index in [9.17, 15) is 4.79 Å². The number of likely N-dealkylation sites (tertiary alicyclic amines) is 1. The van der Waals surface area contributed by atoms with E-state index in [2.05, 4.69) is 21.2 Å². The molecular formula is C21H22N4O2S. The van der Waals surface area contributed by atoms with Gasteiger partial charge in [-0.1, -0.05) is 36.0 Å². The van der Waals surface area contributed by atoms with Gasteiger partial charge in [-0.25, -0.2) is 4.98 Å². The summed E-state index contributed by atoms with van der Waals surface area (Å²) in [7, 11) is 1.67. The van der Waals surface area contributed by atoms with Crippen LogP contribution in [-0.2, 0) is 5.75 Å². The Kier molecular flexibility index (Phi) is 5.62. The molecule has 1 aliphatic heterocycles. The lowest BCUT2D eigenvalue weighted by molar-refractivity contribution is 0.0735. The molecule has 1 N–H and O–H groups in total. The van der Waals surface area contributed by atoms with E-state index in [4.69, 9.17) is 4.74 Å². The highest BCUT2D eigenvalue weighted by molar-refractivity contribution is 7.98. The predicted octanol–water partition coefficient (Wildman–Crippen LogP) is 4.08. The number of methoxy groups -OCH3 is 1. The van der Waals surface area contributed by atoms with Crippen LogP contribution in [0.2, 0.25) is 0 Å². The fraction of sp³-hybridized carbons (Fsp3) is 0.286. The average molecular weight is 394 g/mol. The van der Waals surface area contributed by atoms with Gasteiger partial charge in [0, 0.05) is 17.9 Å². The van der Waals surface area contributed by atoms with E-state index >= 15 is 0 Å². The van der Waals surface area contributed by atoms with Gasteiger partial charge in [-0.15, -0.1) is 0 Å². The van der Waals surface area contributed by atoms with E-state index in [1.165, 1.54) is 6.33 Å². The van der Waals surface area contributed by atoms with Gasteiger partial charge in [-0.2, -0.15) is 5.10 Å². The Balaban J connectivity index is 1.45. The number of benzene rings is 2. The highest BCUT2D eigenvalue weighted by Crippen LogP contribution is 2.34. The van der Waals surface area contributed by atoms with Gasteiger partial charge in [0.25, 0.3) is 5.91 Å². The molecule has 0 aliphatic carbocycles. The summed E-state index contributed by atoms with van der Waals surface area (Å²) in [6.45, 7) is 0.782. The highest BCUT2D eigenvalue weighted by Gasteiger charge is 2.30. The number of rotatable bonds is 6. The summed E-state index contributed by atoms with van der Waals surface area (Å²) in [6.07, 6.45) is 3.49. The number of thioether (sulfide) groups is 1. The molecule has 0 saturated carbocycles. The Bertz CT molecular complexity index is 928. The highest BCUT2D eigenvalue weighted by atomic mass is 32.2. The molecule has 1 aromatic heterocycles. The summed E-state index contributed by atoms with van der Waals surface area (Å²) >= 11 is 1.58. The molecule has 7 heteroatoms. The smallest absolute Gasteiger partial charge is 0.254 e. The fourth-order valence-electron chi connectivity index (χ4n) is 3.53. The predicted molar refractivity (Wildman–Crippen MR) is 108 cm³/mol. The molecule has 3 aromatic rings. The first-order valence-corrected chi connectivity index (χ1v) is 10.2. The Morgan fingerprint density at radius 2 is 2.14 bits per heavy atom. The van der Waals surface area contributed by atoms with Gasteiger partial charge in [-0.3, -0.25) is 9.89 Å². The van der Waals surface area contributed by atoms with E-state index < -0.39 is 0 Å². The van der Waals surface area contributed by atoms with Gasteiger partial charge in [0.2, 0.25) is 0 Å². The van der Waals surface area contributed by atoms with Crippen LogP contribution in [-0.4, -0.2) is 39.6 Å². The summed E-state index contributed by atoms with van der Waals surface area (Å²) in [4.78, 5) is 19.2. The lowest BCUT2D eigenvalue weighted by atomic mass is 10.0. The lowest BCUT2D eigenvalue weighted by Crippen LogP contribution is -2.30. The Morgan fingerprint density at radius 3 is 2.89 bits per heavy atom. The van der Waals surface area contributed by atoms with E-state index in [1.807, 2.05) is 47.4 Å². The molecule has 28 heavy (non-hydrogen) atoms. The third-order valence-electron chi connectivity index (χ3n) is 4.96. The van der Waals surface area contributed by atoms with E-state index in [0.717, 1.165) is 52.7 Å². The molecule has 2 heterocycles. The van der Waals surface area contributed by atoms with Crippen LogP contribution in [0.15, 0.2) is 60.0 Å². The molecular weight excluding hydrogens is 372 g/mol. The normalized spacial score (nSPS) is 16.3.